The van der Waals surface area contributed by atoms with Crippen LogP contribution in [0.15, 0.2) is 45.1 Å². The monoisotopic (exact) mass is 355 g/mol. The number of halogens is 1. The fourth-order valence-electron chi connectivity index (χ4n) is 1.61. The molecule has 1 nitrogen and oxygen atoms in total. The highest BCUT2D eigenvalue weighted by molar-refractivity contribution is 9.11. The molecule has 1 heterocycles. The Morgan fingerprint density at radius 3 is 2.47 bits per heavy atom. The molecule has 102 valence electrons. The van der Waals surface area contributed by atoms with Crippen molar-refractivity contribution < 1.29 is 0 Å². The second-order valence-electron chi connectivity index (χ2n) is 4.67. The highest BCUT2D eigenvalue weighted by Gasteiger charge is 2.00. The molecule has 0 fully saturated rings. The lowest BCUT2D eigenvalue weighted by atomic mass is 10.2. The SMILES string of the molecule is CC(C)NCc1ccc(SCc2ccc(Br)s2)cc1. The van der Waals surface area contributed by atoms with E-state index in [2.05, 4.69) is 71.5 Å². The van der Waals surface area contributed by atoms with Crippen LogP contribution in [0.25, 0.3) is 0 Å². The van der Waals surface area contributed by atoms with E-state index in [9.17, 15) is 0 Å². The van der Waals surface area contributed by atoms with Gasteiger partial charge in [-0.15, -0.1) is 23.1 Å². The minimum absolute atomic E-state index is 0.534. The lowest BCUT2D eigenvalue weighted by molar-refractivity contribution is 0.588. The molecule has 19 heavy (non-hydrogen) atoms. The van der Waals surface area contributed by atoms with E-state index in [0.29, 0.717) is 6.04 Å². The van der Waals surface area contributed by atoms with Crippen molar-refractivity contribution in [3.05, 3.63) is 50.6 Å². The number of thioether (sulfide) groups is 1. The molecule has 0 aliphatic carbocycles. The molecule has 0 spiro atoms. The van der Waals surface area contributed by atoms with Gasteiger partial charge in [-0.3, -0.25) is 0 Å². The van der Waals surface area contributed by atoms with Gasteiger partial charge in [0.15, 0.2) is 0 Å². The topological polar surface area (TPSA) is 12.0 Å². The molecule has 0 unspecified atom stereocenters. The Labute approximate surface area is 131 Å². The Hall–Kier alpha value is -0.290. The molecule has 1 aromatic carbocycles. The highest BCUT2D eigenvalue weighted by Crippen LogP contribution is 2.29. The van der Waals surface area contributed by atoms with Crippen LogP contribution in [0.1, 0.15) is 24.3 Å². The van der Waals surface area contributed by atoms with Crippen LogP contribution < -0.4 is 5.32 Å². The maximum absolute atomic E-state index is 3.50. The molecular weight excluding hydrogens is 338 g/mol. The van der Waals surface area contributed by atoms with Crippen molar-refractivity contribution in [2.24, 2.45) is 0 Å². The van der Waals surface area contributed by atoms with Gasteiger partial charge >= 0.3 is 0 Å². The third-order valence-corrected chi connectivity index (χ3v) is 5.51. The Balaban J connectivity index is 1.84. The van der Waals surface area contributed by atoms with E-state index in [1.165, 1.54) is 19.1 Å². The predicted octanol–water partition coefficient (Wildman–Crippen LogP) is 5.30. The van der Waals surface area contributed by atoms with Crippen molar-refractivity contribution in [2.75, 3.05) is 0 Å². The third kappa shape index (κ3) is 5.30. The van der Waals surface area contributed by atoms with Crippen LogP contribution in [-0.4, -0.2) is 6.04 Å². The standard InChI is InChI=1S/C15H18BrNS2/c1-11(2)17-9-12-3-5-13(6-4-12)18-10-14-7-8-15(16)19-14/h3-8,11,17H,9-10H2,1-2H3. The van der Waals surface area contributed by atoms with Gasteiger partial charge in [-0.1, -0.05) is 26.0 Å². The molecule has 0 saturated carbocycles. The van der Waals surface area contributed by atoms with Gasteiger partial charge in [0.25, 0.3) is 0 Å². The maximum atomic E-state index is 3.50. The zero-order valence-corrected chi connectivity index (χ0v) is 14.4. The first-order valence-corrected chi connectivity index (χ1v) is 8.92. The summed E-state index contributed by atoms with van der Waals surface area (Å²) in [6, 6.07) is 13.7. The quantitative estimate of drug-likeness (QED) is 0.705. The van der Waals surface area contributed by atoms with Crippen LogP contribution in [0, 0.1) is 0 Å². The molecule has 0 bridgehead atoms. The van der Waals surface area contributed by atoms with Gasteiger partial charge in [0.2, 0.25) is 0 Å². The lowest BCUT2D eigenvalue weighted by Crippen LogP contribution is -2.21. The van der Waals surface area contributed by atoms with E-state index in [4.69, 9.17) is 0 Å². The summed E-state index contributed by atoms with van der Waals surface area (Å²) in [4.78, 5) is 2.74. The van der Waals surface area contributed by atoms with Crippen molar-refractivity contribution in [3.8, 4) is 0 Å². The molecule has 0 saturated heterocycles. The molecule has 0 radical (unpaired) electrons. The van der Waals surface area contributed by atoms with Crippen LogP contribution in [0.3, 0.4) is 0 Å². The summed E-state index contributed by atoms with van der Waals surface area (Å²) < 4.78 is 1.21. The summed E-state index contributed by atoms with van der Waals surface area (Å²) in [6.45, 7) is 5.28. The van der Waals surface area contributed by atoms with Crippen LogP contribution in [0.5, 0.6) is 0 Å². The zero-order valence-electron chi connectivity index (χ0n) is 11.2. The zero-order chi connectivity index (χ0) is 13.7. The number of thiophene rings is 1. The van der Waals surface area contributed by atoms with E-state index in [-0.39, 0.29) is 0 Å². The maximum Gasteiger partial charge on any atom is 0.0701 e. The van der Waals surface area contributed by atoms with Gasteiger partial charge in [0.1, 0.15) is 0 Å². The minimum Gasteiger partial charge on any atom is -0.310 e. The van der Waals surface area contributed by atoms with E-state index in [1.807, 2.05) is 23.1 Å². The number of rotatable bonds is 6. The molecule has 4 heteroatoms. The predicted molar refractivity (Wildman–Crippen MR) is 90.0 cm³/mol. The van der Waals surface area contributed by atoms with E-state index >= 15 is 0 Å². The summed E-state index contributed by atoms with van der Waals surface area (Å²) in [7, 11) is 0. The molecule has 0 amide bonds. The number of hydrogen-bond acceptors (Lipinski definition) is 3. The summed E-state index contributed by atoms with van der Waals surface area (Å²) >= 11 is 7.20. The molecule has 0 atom stereocenters. The number of benzene rings is 1. The molecule has 1 N–H and O–H groups in total. The molecular formula is C15H18BrNS2. The van der Waals surface area contributed by atoms with Crippen molar-refractivity contribution in [1.82, 2.24) is 5.32 Å². The first-order chi connectivity index (χ1) is 9.13. The van der Waals surface area contributed by atoms with Crippen molar-refractivity contribution in [3.63, 3.8) is 0 Å². The van der Waals surface area contributed by atoms with Crippen LogP contribution in [0.2, 0.25) is 0 Å². The summed E-state index contributed by atoms with van der Waals surface area (Å²) in [6.07, 6.45) is 0. The first-order valence-electron chi connectivity index (χ1n) is 6.33. The first kappa shape index (κ1) is 15.1. The van der Waals surface area contributed by atoms with Gasteiger partial charge in [0, 0.05) is 28.1 Å². The van der Waals surface area contributed by atoms with Gasteiger partial charge < -0.3 is 5.32 Å². The minimum atomic E-state index is 0.534. The fourth-order valence-corrected chi connectivity index (χ4v) is 4.03. The van der Waals surface area contributed by atoms with Gasteiger partial charge in [0.05, 0.1) is 3.79 Å². The van der Waals surface area contributed by atoms with E-state index in [0.717, 1.165) is 12.3 Å². The van der Waals surface area contributed by atoms with E-state index in [1.54, 1.807) is 0 Å². The van der Waals surface area contributed by atoms with Crippen LogP contribution in [-0.2, 0) is 12.3 Å². The van der Waals surface area contributed by atoms with Gasteiger partial charge in [-0.05, 0) is 45.8 Å². The van der Waals surface area contributed by atoms with Gasteiger partial charge in [-0.25, -0.2) is 0 Å². The van der Waals surface area contributed by atoms with Crippen molar-refractivity contribution in [2.45, 2.75) is 37.1 Å². The Bertz CT molecular complexity index is 505. The van der Waals surface area contributed by atoms with E-state index < -0.39 is 0 Å². The normalized spacial score (nSPS) is 11.2. The average molecular weight is 356 g/mol. The second-order valence-corrected chi connectivity index (χ2v) is 8.27. The summed E-state index contributed by atoms with van der Waals surface area (Å²) in [5.41, 5.74) is 1.34. The molecule has 1 aromatic heterocycles. The third-order valence-electron chi connectivity index (χ3n) is 2.65. The molecule has 0 aliphatic rings. The summed E-state index contributed by atoms with van der Waals surface area (Å²) in [5, 5.41) is 3.43. The summed E-state index contributed by atoms with van der Waals surface area (Å²) in [5.74, 6) is 1.04. The fraction of sp³-hybridized carbons (Fsp3) is 0.333. The number of hydrogen-bond donors (Lipinski definition) is 1. The highest BCUT2D eigenvalue weighted by atomic mass is 79.9. The number of nitrogens with one attached hydrogen (secondary N) is 1. The smallest absolute Gasteiger partial charge is 0.0701 e. The molecule has 2 aromatic rings. The van der Waals surface area contributed by atoms with Crippen LogP contribution >= 0.6 is 39.0 Å². The van der Waals surface area contributed by atoms with Gasteiger partial charge in [-0.2, -0.15) is 0 Å². The lowest BCUT2D eigenvalue weighted by Gasteiger charge is -2.08. The second kappa shape index (κ2) is 7.48. The Morgan fingerprint density at radius 1 is 1.16 bits per heavy atom. The van der Waals surface area contributed by atoms with Crippen molar-refractivity contribution in [1.29, 1.82) is 0 Å². The van der Waals surface area contributed by atoms with Crippen molar-refractivity contribution >= 4 is 39.0 Å². The Kier molecular flexibility index (Phi) is 5.95. The Morgan fingerprint density at radius 2 is 1.89 bits per heavy atom. The average Bonchev–Trinajstić information content (AvgIpc) is 2.81. The largest absolute Gasteiger partial charge is 0.310 e. The molecule has 2 rings (SSSR count). The van der Waals surface area contributed by atoms with Crippen LogP contribution in [0.4, 0.5) is 0 Å². The molecule has 0 aliphatic heterocycles.